The minimum absolute atomic E-state index is 0.0199. The molecule has 0 spiro atoms. The normalized spacial score (nSPS) is 19.7. The van der Waals surface area contributed by atoms with Crippen molar-refractivity contribution in [3.63, 3.8) is 0 Å². The Bertz CT molecular complexity index is 301. The molecule has 0 aromatic rings. The van der Waals surface area contributed by atoms with Gasteiger partial charge in [0.1, 0.15) is 0 Å². The van der Waals surface area contributed by atoms with Crippen molar-refractivity contribution in [2.75, 3.05) is 33.4 Å². The van der Waals surface area contributed by atoms with E-state index < -0.39 is 0 Å². The van der Waals surface area contributed by atoms with Crippen LogP contribution in [0.3, 0.4) is 0 Å². The molecule has 1 aliphatic heterocycles. The second-order valence-corrected chi connectivity index (χ2v) is 6.17. The quantitative estimate of drug-likeness (QED) is 0.406. The smallest absolute Gasteiger partial charge is 0.307 e. The van der Waals surface area contributed by atoms with E-state index in [1.54, 1.807) is 0 Å². The third-order valence-electron chi connectivity index (χ3n) is 4.58. The van der Waals surface area contributed by atoms with Crippen LogP contribution >= 0.6 is 0 Å². The van der Waals surface area contributed by atoms with Gasteiger partial charge in [0, 0.05) is 19.3 Å². The molecule has 23 heavy (non-hydrogen) atoms. The van der Waals surface area contributed by atoms with Gasteiger partial charge in [0.05, 0.1) is 13.5 Å². The Labute approximate surface area is 141 Å². The summed E-state index contributed by atoms with van der Waals surface area (Å²) in [6.45, 7) is 7.85. The van der Waals surface area contributed by atoms with Crippen LogP contribution in [-0.2, 0) is 19.0 Å². The molecule has 5 heteroatoms. The van der Waals surface area contributed by atoms with Crippen LogP contribution in [0.4, 0.5) is 0 Å². The summed E-state index contributed by atoms with van der Waals surface area (Å²) < 4.78 is 16.1. The first kappa shape index (κ1) is 20.4. The Balaban J connectivity index is 2.16. The number of ether oxygens (including phenoxy) is 3. The molecule has 0 aliphatic carbocycles. The molecule has 0 radical (unpaired) electrons. The number of methoxy groups -OCH3 is 1. The molecule has 1 saturated heterocycles. The first-order valence-corrected chi connectivity index (χ1v) is 9.25. The van der Waals surface area contributed by atoms with Gasteiger partial charge in [-0.25, -0.2) is 0 Å². The molecule has 0 N–H and O–H groups in total. The molecule has 5 nitrogen and oxygen atoms in total. The molecule has 136 valence electrons. The van der Waals surface area contributed by atoms with Gasteiger partial charge >= 0.3 is 5.97 Å². The lowest BCUT2D eigenvalue weighted by molar-refractivity contribution is -0.162. The average molecular weight is 329 g/mol. The summed E-state index contributed by atoms with van der Waals surface area (Å²) in [5.74, 6) is -0.111. The highest BCUT2D eigenvalue weighted by molar-refractivity contribution is 5.69. The summed E-state index contributed by atoms with van der Waals surface area (Å²) in [5.41, 5.74) is 0. The predicted octanol–water partition coefficient (Wildman–Crippen LogP) is 3.36. The van der Waals surface area contributed by atoms with Gasteiger partial charge in [0.25, 0.3) is 0 Å². The highest BCUT2D eigenvalue weighted by atomic mass is 16.7. The summed E-state index contributed by atoms with van der Waals surface area (Å²) in [5, 5.41) is 0. The van der Waals surface area contributed by atoms with Gasteiger partial charge in [-0.15, -0.1) is 0 Å². The molecular weight excluding hydrogens is 294 g/mol. The average Bonchev–Trinajstić information content (AvgIpc) is 2.59. The molecule has 1 fully saturated rings. The molecule has 0 aromatic heterocycles. The maximum atomic E-state index is 11.6. The van der Waals surface area contributed by atoms with Crippen molar-refractivity contribution in [3.8, 4) is 0 Å². The van der Waals surface area contributed by atoms with Crippen LogP contribution in [-0.4, -0.2) is 56.6 Å². The highest BCUT2D eigenvalue weighted by Crippen LogP contribution is 2.16. The van der Waals surface area contributed by atoms with Gasteiger partial charge in [-0.2, -0.15) is 0 Å². The molecule has 2 unspecified atom stereocenters. The zero-order chi connectivity index (χ0) is 16.9. The lowest BCUT2D eigenvalue weighted by atomic mass is 10.0. The van der Waals surface area contributed by atoms with Crippen LogP contribution in [0, 0.1) is 0 Å². The maximum absolute atomic E-state index is 11.6. The van der Waals surface area contributed by atoms with E-state index in [2.05, 4.69) is 18.7 Å². The molecule has 1 aliphatic rings. The fraction of sp³-hybridized carbons (Fsp3) is 0.944. The van der Waals surface area contributed by atoms with Gasteiger partial charge in [-0.05, 0) is 45.2 Å². The van der Waals surface area contributed by atoms with Crippen molar-refractivity contribution >= 4 is 5.97 Å². The number of esters is 1. The Hall–Kier alpha value is -0.650. The monoisotopic (exact) mass is 329 g/mol. The van der Waals surface area contributed by atoms with Gasteiger partial charge in [-0.3, -0.25) is 4.79 Å². The molecule has 1 rings (SSSR count). The molecule has 1 heterocycles. The lowest BCUT2D eigenvalue weighted by Crippen LogP contribution is -2.37. The van der Waals surface area contributed by atoms with Gasteiger partial charge in [0.15, 0.2) is 6.29 Å². The summed E-state index contributed by atoms with van der Waals surface area (Å²) in [7, 11) is 1.46. The molecule has 0 amide bonds. The second-order valence-electron chi connectivity index (χ2n) is 6.17. The van der Waals surface area contributed by atoms with Crippen molar-refractivity contribution in [2.24, 2.45) is 0 Å². The molecular formula is C18H35NO4. The van der Waals surface area contributed by atoms with Crippen LogP contribution in [0.15, 0.2) is 0 Å². The number of nitrogens with zero attached hydrogens (tertiary/aromatic N) is 1. The summed E-state index contributed by atoms with van der Waals surface area (Å²) in [4.78, 5) is 13.9. The Morgan fingerprint density at radius 3 is 2.61 bits per heavy atom. The fourth-order valence-corrected chi connectivity index (χ4v) is 3.15. The number of rotatable bonds is 12. The number of hydrogen-bond donors (Lipinski definition) is 0. The van der Waals surface area contributed by atoms with Crippen molar-refractivity contribution in [1.82, 2.24) is 4.90 Å². The molecule has 2 atom stereocenters. The highest BCUT2D eigenvalue weighted by Gasteiger charge is 2.19. The van der Waals surface area contributed by atoms with E-state index in [0.717, 1.165) is 64.8 Å². The van der Waals surface area contributed by atoms with Crippen LogP contribution in [0.5, 0.6) is 0 Å². The summed E-state index contributed by atoms with van der Waals surface area (Å²) in [6.07, 6.45) is 8.26. The van der Waals surface area contributed by atoms with E-state index in [-0.39, 0.29) is 12.3 Å². The lowest BCUT2D eigenvalue weighted by Gasteiger charge is -2.29. The van der Waals surface area contributed by atoms with E-state index in [9.17, 15) is 4.79 Å². The molecule has 0 aromatic carbocycles. The van der Waals surface area contributed by atoms with E-state index in [1.165, 1.54) is 13.5 Å². The van der Waals surface area contributed by atoms with E-state index >= 15 is 0 Å². The Morgan fingerprint density at radius 1 is 1.22 bits per heavy atom. The number of carbonyl (C=O) groups excluding carboxylic acids is 1. The van der Waals surface area contributed by atoms with Gasteiger partial charge < -0.3 is 19.1 Å². The third-order valence-corrected chi connectivity index (χ3v) is 4.58. The fourth-order valence-electron chi connectivity index (χ4n) is 3.15. The first-order valence-electron chi connectivity index (χ1n) is 9.25. The van der Waals surface area contributed by atoms with Crippen molar-refractivity contribution < 1.29 is 19.0 Å². The standard InChI is InChI=1S/C18H35NO4/c1-4-19(5-2)16(15-17(20)21-3)11-7-6-9-13-22-18-12-8-10-14-23-18/h16,18H,4-15H2,1-3H3. The minimum Gasteiger partial charge on any atom is -0.469 e. The maximum Gasteiger partial charge on any atom is 0.307 e. The Kier molecular flexibility index (Phi) is 11.3. The van der Waals surface area contributed by atoms with E-state index in [1.807, 2.05) is 0 Å². The second kappa shape index (κ2) is 12.7. The summed E-state index contributed by atoms with van der Waals surface area (Å²) >= 11 is 0. The van der Waals surface area contributed by atoms with Crippen molar-refractivity contribution in [1.29, 1.82) is 0 Å². The zero-order valence-electron chi connectivity index (χ0n) is 15.2. The van der Waals surface area contributed by atoms with Crippen molar-refractivity contribution in [2.45, 2.75) is 77.5 Å². The topological polar surface area (TPSA) is 48.0 Å². The van der Waals surface area contributed by atoms with Crippen LogP contribution < -0.4 is 0 Å². The van der Waals surface area contributed by atoms with Crippen molar-refractivity contribution in [3.05, 3.63) is 0 Å². The Morgan fingerprint density at radius 2 is 2.00 bits per heavy atom. The van der Waals surface area contributed by atoms with Crippen LogP contribution in [0.1, 0.15) is 65.2 Å². The number of hydrogen-bond acceptors (Lipinski definition) is 5. The van der Waals surface area contributed by atoms with E-state index in [4.69, 9.17) is 14.2 Å². The van der Waals surface area contributed by atoms with E-state index in [0.29, 0.717) is 12.5 Å². The SMILES string of the molecule is CCN(CC)C(CCCCCOC1CCCCO1)CC(=O)OC. The zero-order valence-corrected chi connectivity index (χ0v) is 15.2. The van der Waals surface area contributed by atoms with Crippen LogP contribution in [0.2, 0.25) is 0 Å². The molecule has 0 bridgehead atoms. The van der Waals surface area contributed by atoms with Gasteiger partial charge in [-0.1, -0.05) is 26.7 Å². The number of carbonyl (C=O) groups is 1. The largest absolute Gasteiger partial charge is 0.469 e. The minimum atomic E-state index is -0.111. The first-order chi connectivity index (χ1) is 11.2. The predicted molar refractivity (Wildman–Crippen MR) is 91.4 cm³/mol. The van der Waals surface area contributed by atoms with Gasteiger partial charge in [0.2, 0.25) is 0 Å². The third kappa shape index (κ3) is 8.68. The summed E-state index contributed by atoms with van der Waals surface area (Å²) in [6, 6.07) is 0.292. The van der Waals surface area contributed by atoms with Crippen LogP contribution in [0.25, 0.3) is 0 Å². The molecule has 0 saturated carbocycles. The number of unbranched alkanes of at least 4 members (excludes halogenated alkanes) is 2.